The van der Waals surface area contributed by atoms with E-state index in [0.29, 0.717) is 5.33 Å². The molecule has 0 N–H and O–H groups in total. The van der Waals surface area contributed by atoms with Crippen molar-refractivity contribution < 1.29 is 4.79 Å². The van der Waals surface area contributed by atoms with Crippen LogP contribution in [0.5, 0.6) is 0 Å². The van der Waals surface area contributed by atoms with Gasteiger partial charge in [0.15, 0.2) is 0 Å². The molecule has 0 aliphatic rings. The number of alkyl halides is 1. The predicted octanol–water partition coefficient (Wildman–Crippen LogP) is 7.49. The Morgan fingerprint density at radius 2 is 0.920 bits per heavy atom. The summed E-state index contributed by atoms with van der Waals surface area (Å²) in [6.45, 7) is 6.44. The third-order valence-electron chi connectivity index (χ3n) is 5.03. The molecule has 0 aromatic heterocycles. The molecule has 0 aliphatic heterocycles. The molecule has 0 unspecified atom stereocenters. The number of rotatable bonds is 19. The molecule has 0 saturated heterocycles. The first-order valence-corrected chi connectivity index (χ1v) is 12.2. The fourth-order valence-electron chi connectivity index (χ4n) is 3.32. The lowest BCUT2D eigenvalue weighted by atomic mass is 10.1. The third kappa shape index (κ3) is 17.1. The monoisotopic (exact) mass is 417 g/mol. The minimum absolute atomic E-state index is 0.269. The normalized spacial score (nSPS) is 11.0. The Hall–Kier alpha value is -0.0500. The maximum atomic E-state index is 12.1. The number of carbonyl (C=O) groups is 1. The molecule has 0 bridgehead atoms. The second-order valence-corrected chi connectivity index (χ2v) is 8.02. The van der Waals surface area contributed by atoms with Gasteiger partial charge in [-0.3, -0.25) is 4.79 Å². The Balaban J connectivity index is 3.64. The van der Waals surface area contributed by atoms with Gasteiger partial charge in [-0.1, -0.05) is 120 Å². The van der Waals surface area contributed by atoms with E-state index in [0.717, 1.165) is 13.1 Å². The molecule has 0 saturated carbocycles. The number of amides is 1. The highest BCUT2D eigenvalue weighted by molar-refractivity contribution is 9.09. The van der Waals surface area contributed by atoms with Gasteiger partial charge in [-0.15, -0.1) is 0 Å². The average molecular weight is 419 g/mol. The molecule has 0 atom stereocenters. The Bertz CT molecular complexity index is 263. The second-order valence-electron chi connectivity index (χ2n) is 7.46. The van der Waals surface area contributed by atoms with Gasteiger partial charge in [-0.05, 0) is 12.8 Å². The Labute approximate surface area is 166 Å². The number of halogens is 1. The van der Waals surface area contributed by atoms with Crippen molar-refractivity contribution >= 4 is 21.8 Å². The number of nitrogens with zero attached hydrogens (tertiary/aromatic N) is 1. The Kier molecular flexibility index (Phi) is 20.2. The van der Waals surface area contributed by atoms with E-state index in [9.17, 15) is 4.79 Å². The predicted molar refractivity (Wildman–Crippen MR) is 116 cm³/mol. The first-order chi connectivity index (χ1) is 12.3. The van der Waals surface area contributed by atoms with E-state index in [4.69, 9.17) is 0 Å². The summed E-state index contributed by atoms with van der Waals surface area (Å²) in [5.74, 6) is 0.269. The third-order valence-corrected chi connectivity index (χ3v) is 5.51. The van der Waals surface area contributed by atoms with E-state index in [1.165, 1.54) is 103 Å². The number of carbonyl (C=O) groups excluding carboxylic acids is 1. The van der Waals surface area contributed by atoms with Crippen LogP contribution in [-0.4, -0.2) is 29.2 Å². The molecule has 0 aliphatic carbocycles. The lowest BCUT2D eigenvalue weighted by molar-refractivity contribution is -0.128. The van der Waals surface area contributed by atoms with Crippen molar-refractivity contribution in [1.29, 1.82) is 0 Å². The molecule has 2 nitrogen and oxygen atoms in total. The molecule has 0 radical (unpaired) electrons. The molecule has 25 heavy (non-hydrogen) atoms. The van der Waals surface area contributed by atoms with Crippen LogP contribution in [-0.2, 0) is 4.79 Å². The quantitative estimate of drug-likeness (QED) is 0.157. The van der Waals surface area contributed by atoms with Gasteiger partial charge in [0, 0.05) is 13.1 Å². The zero-order valence-corrected chi connectivity index (χ0v) is 18.8. The molecular formula is C22H44BrNO. The molecule has 3 heteroatoms. The van der Waals surface area contributed by atoms with E-state index in [1.54, 1.807) is 0 Å². The topological polar surface area (TPSA) is 20.3 Å². The van der Waals surface area contributed by atoms with Crippen molar-refractivity contribution in [3.8, 4) is 0 Å². The van der Waals surface area contributed by atoms with E-state index < -0.39 is 0 Å². The number of hydrogen-bond donors (Lipinski definition) is 0. The Morgan fingerprint density at radius 1 is 0.600 bits per heavy atom. The zero-order valence-electron chi connectivity index (χ0n) is 17.2. The summed E-state index contributed by atoms with van der Waals surface area (Å²) in [7, 11) is 0. The molecular weight excluding hydrogens is 374 g/mol. The lowest BCUT2D eigenvalue weighted by Crippen LogP contribution is -2.33. The van der Waals surface area contributed by atoms with Crippen molar-refractivity contribution in [2.45, 2.75) is 117 Å². The minimum atomic E-state index is 0.269. The molecule has 0 aromatic carbocycles. The summed E-state index contributed by atoms with van der Waals surface area (Å²) >= 11 is 3.34. The van der Waals surface area contributed by atoms with Crippen molar-refractivity contribution in [2.75, 3.05) is 18.4 Å². The largest absolute Gasteiger partial charge is 0.342 e. The van der Waals surface area contributed by atoms with Crippen LogP contribution in [0, 0.1) is 0 Å². The summed E-state index contributed by atoms with van der Waals surface area (Å²) in [5, 5.41) is 0.473. The summed E-state index contributed by atoms with van der Waals surface area (Å²) in [6.07, 6.45) is 21.2. The lowest BCUT2D eigenvalue weighted by Gasteiger charge is -2.22. The molecule has 0 rings (SSSR count). The summed E-state index contributed by atoms with van der Waals surface area (Å²) < 4.78 is 0. The summed E-state index contributed by atoms with van der Waals surface area (Å²) in [4.78, 5) is 14.2. The van der Waals surface area contributed by atoms with Gasteiger partial charge in [-0.25, -0.2) is 0 Å². The van der Waals surface area contributed by atoms with Crippen LogP contribution in [0.15, 0.2) is 0 Å². The molecule has 0 fully saturated rings. The molecule has 0 heterocycles. The molecule has 150 valence electrons. The highest BCUT2D eigenvalue weighted by Crippen LogP contribution is 2.11. The van der Waals surface area contributed by atoms with Gasteiger partial charge in [0.25, 0.3) is 0 Å². The van der Waals surface area contributed by atoms with Crippen LogP contribution < -0.4 is 0 Å². The molecule has 0 spiro atoms. The van der Waals surface area contributed by atoms with Crippen molar-refractivity contribution in [3.05, 3.63) is 0 Å². The zero-order chi connectivity index (χ0) is 18.6. The highest BCUT2D eigenvalue weighted by atomic mass is 79.9. The van der Waals surface area contributed by atoms with Crippen LogP contribution in [0.2, 0.25) is 0 Å². The van der Waals surface area contributed by atoms with Crippen LogP contribution in [0.3, 0.4) is 0 Å². The van der Waals surface area contributed by atoms with Crippen molar-refractivity contribution in [1.82, 2.24) is 4.90 Å². The van der Waals surface area contributed by atoms with Crippen LogP contribution in [0.1, 0.15) is 117 Å². The fourth-order valence-corrected chi connectivity index (χ4v) is 3.67. The standard InChI is InChI=1S/C22H44BrNO/c1-3-5-7-9-11-13-15-17-19-24(22(25)21-23)20-18-16-14-12-10-8-6-4-2/h3-21H2,1-2H3. The number of hydrogen-bond acceptors (Lipinski definition) is 1. The van der Waals surface area contributed by atoms with Gasteiger partial charge < -0.3 is 4.90 Å². The van der Waals surface area contributed by atoms with E-state index >= 15 is 0 Å². The Morgan fingerprint density at radius 3 is 1.24 bits per heavy atom. The van der Waals surface area contributed by atoms with Gasteiger partial charge >= 0.3 is 0 Å². The van der Waals surface area contributed by atoms with Gasteiger partial charge in [0.05, 0.1) is 5.33 Å². The average Bonchev–Trinajstić information content (AvgIpc) is 2.63. The van der Waals surface area contributed by atoms with Gasteiger partial charge in [-0.2, -0.15) is 0 Å². The van der Waals surface area contributed by atoms with E-state index in [2.05, 4.69) is 34.7 Å². The first kappa shape index (κ1) is 24.9. The van der Waals surface area contributed by atoms with Crippen molar-refractivity contribution in [2.24, 2.45) is 0 Å². The SMILES string of the molecule is CCCCCCCCCCN(CCCCCCCCCC)C(=O)CBr. The summed E-state index contributed by atoms with van der Waals surface area (Å²) in [6, 6.07) is 0. The maximum absolute atomic E-state index is 12.1. The smallest absolute Gasteiger partial charge is 0.233 e. The van der Waals surface area contributed by atoms with Gasteiger partial charge in [0.1, 0.15) is 0 Å². The van der Waals surface area contributed by atoms with Crippen LogP contribution >= 0.6 is 15.9 Å². The number of unbranched alkanes of at least 4 members (excludes halogenated alkanes) is 14. The van der Waals surface area contributed by atoms with Gasteiger partial charge in [0.2, 0.25) is 5.91 Å². The van der Waals surface area contributed by atoms with E-state index in [1.807, 2.05) is 0 Å². The summed E-state index contributed by atoms with van der Waals surface area (Å²) in [5.41, 5.74) is 0. The second kappa shape index (κ2) is 20.3. The van der Waals surface area contributed by atoms with Crippen LogP contribution in [0.4, 0.5) is 0 Å². The maximum Gasteiger partial charge on any atom is 0.233 e. The highest BCUT2D eigenvalue weighted by Gasteiger charge is 2.11. The fraction of sp³-hybridized carbons (Fsp3) is 0.955. The minimum Gasteiger partial charge on any atom is -0.342 e. The molecule has 0 aromatic rings. The first-order valence-electron chi connectivity index (χ1n) is 11.1. The van der Waals surface area contributed by atoms with Crippen LogP contribution in [0.25, 0.3) is 0 Å². The van der Waals surface area contributed by atoms with Crippen molar-refractivity contribution in [3.63, 3.8) is 0 Å². The molecule has 1 amide bonds. The van der Waals surface area contributed by atoms with E-state index in [-0.39, 0.29) is 5.91 Å².